The zero-order valence-corrected chi connectivity index (χ0v) is 12.2. The minimum absolute atomic E-state index is 0.254. The van der Waals surface area contributed by atoms with Crippen LogP contribution in [0.25, 0.3) is 10.8 Å². The van der Waals surface area contributed by atoms with E-state index >= 15 is 0 Å². The lowest BCUT2D eigenvalue weighted by Crippen LogP contribution is -1.97. The van der Waals surface area contributed by atoms with Gasteiger partial charge in [0, 0.05) is 10.7 Å². The number of phenolic OH excluding ortho intramolecular Hbond substituents is 1. The third-order valence-corrected chi connectivity index (χ3v) is 3.44. The maximum atomic E-state index is 9.50. The molecule has 20 heavy (non-hydrogen) atoms. The molecule has 0 fully saturated rings. The van der Waals surface area contributed by atoms with Crippen LogP contribution >= 0.6 is 15.9 Å². The molecular formula is C16H12BrNO2. The zero-order valence-electron chi connectivity index (χ0n) is 10.6. The lowest BCUT2D eigenvalue weighted by molar-refractivity contribution is 0.301. The van der Waals surface area contributed by atoms with Gasteiger partial charge in [-0.05, 0) is 63.1 Å². The second kappa shape index (κ2) is 5.51. The lowest BCUT2D eigenvalue weighted by Gasteiger charge is -2.07. The summed E-state index contributed by atoms with van der Waals surface area (Å²) in [4.78, 5) is 4.26. The molecule has 2 aromatic carbocycles. The number of nitrogens with zero attached hydrogens (tertiary/aromatic N) is 1. The summed E-state index contributed by atoms with van der Waals surface area (Å²) in [6.07, 6.45) is 1.75. The molecule has 1 N–H and O–H groups in total. The van der Waals surface area contributed by atoms with Gasteiger partial charge >= 0.3 is 0 Å². The number of aromatic nitrogens is 1. The molecule has 1 heterocycles. The van der Waals surface area contributed by atoms with Gasteiger partial charge in [-0.2, -0.15) is 0 Å². The Bertz CT molecular complexity index is 741. The average molecular weight is 330 g/mol. The van der Waals surface area contributed by atoms with Crippen molar-refractivity contribution in [1.82, 2.24) is 4.98 Å². The number of aromatic hydroxyl groups is 1. The molecule has 0 aliphatic heterocycles. The predicted octanol–water partition coefficient (Wildman–Crippen LogP) is 4.28. The van der Waals surface area contributed by atoms with Crippen LogP contribution in [0.3, 0.4) is 0 Å². The first kappa shape index (κ1) is 12.9. The van der Waals surface area contributed by atoms with Crippen LogP contribution in [-0.2, 0) is 6.61 Å². The van der Waals surface area contributed by atoms with Crippen LogP contribution in [0.1, 0.15) is 5.69 Å². The molecule has 1 aromatic heterocycles. The molecule has 0 spiro atoms. The number of halogens is 1. The average Bonchev–Trinajstić information content (AvgIpc) is 2.46. The maximum Gasteiger partial charge on any atom is 0.130 e. The third-order valence-electron chi connectivity index (χ3n) is 2.97. The van der Waals surface area contributed by atoms with E-state index in [4.69, 9.17) is 4.74 Å². The smallest absolute Gasteiger partial charge is 0.130 e. The largest absolute Gasteiger partial charge is 0.508 e. The van der Waals surface area contributed by atoms with Gasteiger partial charge in [0.05, 0.1) is 5.69 Å². The van der Waals surface area contributed by atoms with Gasteiger partial charge in [-0.1, -0.05) is 12.1 Å². The van der Waals surface area contributed by atoms with Crippen molar-refractivity contribution in [2.24, 2.45) is 0 Å². The standard InChI is InChI=1S/C16H12BrNO2/c17-13-3-4-14(18-9-13)10-20-16-6-2-11-1-5-15(19)7-12(11)8-16/h1-9,19H,10H2. The third kappa shape index (κ3) is 2.91. The monoisotopic (exact) mass is 329 g/mol. The molecule has 0 unspecified atom stereocenters. The molecule has 0 saturated heterocycles. The molecule has 3 nitrogen and oxygen atoms in total. The van der Waals surface area contributed by atoms with E-state index in [9.17, 15) is 5.11 Å². The lowest BCUT2D eigenvalue weighted by atomic mass is 10.1. The highest BCUT2D eigenvalue weighted by Crippen LogP contribution is 2.24. The highest BCUT2D eigenvalue weighted by Gasteiger charge is 2.00. The minimum atomic E-state index is 0.254. The number of rotatable bonds is 3. The fourth-order valence-corrected chi connectivity index (χ4v) is 2.19. The molecule has 0 radical (unpaired) electrons. The second-order valence-corrected chi connectivity index (χ2v) is 5.37. The molecule has 0 aliphatic rings. The summed E-state index contributed by atoms with van der Waals surface area (Å²) in [6.45, 7) is 0.414. The van der Waals surface area contributed by atoms with E-state index in [1.807, 2.05) is 36.4 Å². The molecule has 100 valence electrons. The maximum absolute atomic E-state index is 9.50. The highest BCUT2D eigenvalue weighted by molar-refractivity contribution is 9.10. The number of benzene rings is 2. The molecule has 4 heteroatoms. The number of hydrogen-bond donors (Lipinski definition) is 1. The summed E-state index contributed by atoms with van der Waals surface area (Å²) in [5.74, 6) is 1.01. The van der Waals surface area contributed by atoms with Gasteiger partial charge in [0.1, 0.15) is 18.1 Å². The summed E-state index contributed by atoms with van der Waals surface area (Å²) in [6, 6.07) is 14.9. The Balaban J connectivity index is 1.78. The Morgan fingerprint density at radius 1 is 1.00 bits per heavy atom. The van der Waals surface area contributed by atoms with Crippen LogP contribution in [0.4, 0.5) is 0 Å². The fourth-order valence-electron chi connectivity index (χ4n) is 1.95. The van der Waals surface area contributed by atoms with Crippen molar-refractivity contribution in [2.45, 2.75) is 6.61 Å². The summed E-state index contributed by atoms with van der Waals surface area (Å²) in [5.41, 5.74) is 0.865. The Kier molecular flexibility index (Phi) is 3.56. The highest BCUT2D eigenvalue weighted by atomic mass is 79.9. The van der Waals surface area contributed by atoms with Gasteiger partial charge in [-0.3, -0.25) is 4.98 Å². The van der Waals surface area contributed by atoms with Gasteiger partial charge in [0.25, 0.3) is 0 Å². The van der Waals surface area contributed by atoms with Crippen LogP contribution in [0.2, 0.25) is 0 Å². The van der Waals surface area contributed by atoms with E-state index in [0.717, 1.165) is 26.7 Å². The Morgan fingerprint density at radius 2 is 1.85 bits per heavy atom. The number of hydrogen-bond acceptors (Lipinski definition) is 3. The molecule has 0 bridgehead atoms. The van der Waals surface area contributed by atoms with Crippen molar-refractivity contribution in [3.63, 3.8) is 0 Å². The number of phenols is 1. The van der Waals surface area contributed by atoms with Gasteiger partial charge < -0.3 is 9.84 Å². The summed E-state index contributed by atoms with van der Waals surface area (Å²) >= 11 is 3.35. The molecule has 0 amide bonds. The second-order valence-electron chi connectivity index (χ2n) is 4.45. The van der Waals surface area contributed by atoms with Gasteiger partial charge in [0.2, 0.25) is 0 Å². The van der Waals surface area contributed by atoms with Crippen molar-refractivity contribution >= 4 is 26.7 Å². The van der Waals surface area contributed by atoms with E-state index in [1.165, 1.54) is 0 Å². The first-order valence-electron chi connectivity index (χ1n) is 6.17. The number of pyridine rings is 1. The Labute approximate surface area is 125 Å². The number of ether oxygens (including phenoxy) is 1. The van der Waals surface area contributed by atoms with Crippen LogP contribution in [0.5, 0.6) is 11.5 Å². The van der Waals surface area contributed by atoms with Crippen molar-refractivity contribution in [3.8, 4) is 11.5 Å². The van der Waals surface area contributed by atoms with E-state index < -0.39 is 0 Å². The van der Waals surface area contributed by atoms with Crippen molar-refractivity contribution < 1.29 is 9.84 Å². The molecule has 0 saturated carbocycles. The van der Waals surface area contributed by atoms with Gasteiger partial charge in [-0.15, -0.1) is 0 Å². The van der Waals surface area contributed by atoms with E-state index in [0.29, 0.717) is 6.61 Å². The SMILES string of the molecule is Oc1ccc2ccc(OCc3ccc(Br)cn3)cc2c1. The van der Waals surface area contributed by atoms with E-state index in [1.54, 1.807) is 18.3 Å². The van der Waals surface area contributed by atoms with E-state index in [2.05, 4.69) is 20.9 Å². The Hall–Kier alpha value is -2.07. The van der Waals surface area contributed by atoms with Crippen molar-refractivity contribution in [2.75, 3.05) is 0 Å². The first-order chi connectivity index (χ1) is 9.70. The van der Waals surface area contributed by atoms with Gasteiger partial charge in [0.15, 0.2) is 0 Å². The molecule has 3 rings (SSSR count). The molecule has 0 atom stereocenters. The van der Waals surface area contributed by atoms with Crippen molar-refractivity contribution in [3.05, 3.63) is 64.9 Å². The minimum Gasteiger partial charge on any atom is -0.508 e. The molecule has 3 aromatic rings. The zero-order chi connectivity index (χ0) is 13.9. The summed E-state index contributed by atoms with van der Waals surface area (Å²) in [5, 5.41) is 11.5. The number of fused-ring (bicyclic) bond motifs is 1. The molecular weight excluding hydrogens is 318 g/mol. The van der Waals surface area contributed by atoms with E-state index in [-0.39, 0.29) is 5.75 Å². The summed E-state index contributed by atoms with van der Waals surface area (Å²) < 4.78 is 6.67. The van der Waals surface area contributed by atoms with Crippen LogP contribution in [0.15, 0.2) is 59.2 Å². The molecule has 0 aliphatic carbocycles. The van der Waals surface area contributed by atoms with Crippen molar-refractivity contribution in [1.29, 1.82) is 0 Å². The van der Waals surface area contributed by atoms with Crippen LogP contribution < -0.4 is 4.74 Å². The quantitative estimate of drug-likeness (QED) is 0.779. The fraction of sp³-hybridized carbons (Fsp3) is 0.0625. The first-order valence-corrected chi connectivity index (χ1v) is 6.96. The normalized spacial score (nSPS) is 10.7. The van der Waals surface area contributed by atoms with Gasteiger partial charge in [-0.25, -0.2) is 0 Å². The Morgan fingerprint density at radius 3 is 2.65 bits per heavy atom. The topological polar surface area (TPSA) is 42.4 Å². The summed E-state index contributed by atoms with van der Waals surface area (Å²) in [7, 11) is 0. The van der Waals surface area contributed by atoms with Crippen LogP contribution in [-0.4, -0.2) is 10.1 Å². The predicted molar refractivity (Wildman–Crippen MR) is 81.9 cm³/mol. The van der Waals surface area contributed by atoms with Crippen LogP contribution in [0, 0.1) is 0 Å².